The molecule has 8 nitrogen and oxygen atoms in total. The molecule has 0 spiro atoms. The molecule has 164 valence electrons. The number of carbonyl (C=O) groups is 1. The van der Waals surface area contributed by atoms with E-state index in [1.165, 1.54) is 0 Å². The van der Waals surface area contributed by atoms with Gasteiger partial charge in [-0.05, 0) is 31.4 Å². The molecule has 0 aliphatic heterocycles. The predicted molar refractivity (Wildman–Crippen MR) is 118 cm³/mol. The van der Waals surface area contributed by atoms with Crippen molar-refractivity contribution in [1.82, 2.24) is 20.2 Å². The van der Waals surface area contributed by atoms with Gasteiger partial charge in [0.25, 0.3) is 0 Å². The van der Waals surface area contributed by atoms with Crippen LogP contribution in [-0.4, -0.2) is 25.9 Å². The second-order valence-corrected chi connectivity index (χ2v) is 7.47. The van der Waals surface area contributed by atoms with Gasteiger partial charge in [0.1, 0.15) is 6.10 Å². The highest BCUT2D eigenvalue weighted by molar-refractivity contribution is 5.74. The molecule has 2 heterocycles. The van der Waals surface area contributed by atoms with Crippen LogP contribution in [0.4, 0.5) is 5.82 Å². The summed E-state index contributed by atoms with van der Waals surface area (Å²) in [5.74, 6) is 0.567. The normalized spacial score (nSPS) is 11.8. The maximum Gasteiger partial charge on any atom is 0.243 e. The molecule has 0 bridgehead atoms. The number of hydrogen-bond acceptors (Lipinski definition) is 6. The van der Waals surface area contributed by atoms with Crippen molar-refractivity contribution in [1.29, 1.82) is 0 Å². The topological polar surface area (TPSA) is 115 Å². The monoisotopic (exact) mass is 423 g/mol. The van der Waals surface area contributed by atoms with Crippen LogP contribution in [0.3, 0.4) is 0 Å². The molecule has 1 atom stereocenters. The lowest BCUT2D eigenvalue weighted by atomic mass is 10.1. The van der Waals surface area contributed by atoms with Crippen LogP contribution in [-0.2, 0) is 11.3 Å². The van der Waals surface area contributed by atoms with E-state index in [0.29, 0.717) is 18.0 Å². The maximum atomic E-state index is 11.0. The number of ether oxygens (including phenoxy) is 1. The van der Waals surface area contributed by atoms with E-state index in [9.17, 15) is 4.79 Å². The summed E-state index contributed by atoms with van der Waals surface area (Å²) >= 11 is 0. The van der Waals surface area contributed by atoms with E-state index < -0.39 is 0 Å². The Kier molecular flexibility index (Phi) is 8.00. The maximum absolute atomic E-state index is 11.0. The van der Waals surface area contributed by atoms with Gasteiger partial charge in [-0.1, -0.05) is 43.2 Å². The second-order valence-electron chi connectivity index (χ2n) is 7.47. The fourth-order valence-electron chi connectivity index (χ4n) is 3.29. The molecule has 1 unspecified atom stereocenters. The summed E-state index contributed by atoms with van der Waals surface area (Å²) in [6.07, 6.45) is 9.37. The van der Waals surface area contributed by atoms with Crippen molar-refractivity contribution in [2.24, 2.45) is 0 Å². The smallest absolute Gasteiger partial charge is 0.243 e. The fourth-order valence-corrected chi connectivity index (χ4v) is 3.29. The summed E-state index contributed by atoms with van der Waals surface area (Å²) < 4.78 is 7.97. The Morgan fingerprint density at radius 1 is 1.16 bits per heavy atom. The van der Waals surface area contributed by atoms with Crippen LogP contribution in [0.1, 0.15) is 50.7 Å². The Morgan fingerprint density at radius 2 is 1.94 bits per heavy atom. The number of unbranched alkanes of at least 4 members (excludes halogenated alkanes) is 3. The summed E-state index contributed by atoms with van der Waals surface area (Å²) in [7, 11) is 0. The van der Waals surface area contributed by atoms with E-state index in [0.717, 1.165) is 48.9 Å². The summed E-state index contributed by atoms with van der Waals surface area (Å²) in [5, 5.41) is 12.9. The lowest BCUT2D eigenvalue weighted by molar-refractivity contribution is -0.129. The third kappa shape index (κ3) is 6.55. The average Bonchev–Trinajstić information content (AvgIpc) is 3.27. The minimum atomic E-state index is -0.338. The van der Waals surface area contributed by atoms with Crippen LogP contribution in [0.15, 0.2) is 55.0 Å². The molecular formula is C23H29N5O3. The Hall–Kier alpha value is -3.39. The number of hydrogen-bond donors (Lipinski definition) is 3. The molecule has 8 heteroatoms. The number of nitrogen functional groups attached to an aromatic ring is 1. The molecule has 0 saturated heterocycles. The van der Waals surface area contributed by atoms with Gasteiger partial charge < -0.3 is 10.5 Å². The first-order valence-electron chi connectivity index (χ1n) is 10.5. The third-order valence-electron chi connectivity index (χ3n) is 5.09. The van der Waals surface area contributed by atoms with E-state index in [2.05, 4.69) is 10.1 Å². The van der Waals surface area contributed by atoms with Crippen molar-refractivity contribution in [2.75, 3.05) is 5.73 Å². The Labute approximate surface area is 182 Å². The van der Waals surface area contributed by atoms with Gasteiger partial charge in [0.05, 0.1) is 6.20 Å². The van der Waals surface area contributed by atoms with Gasteiger partial charge in [-0.2, -0.15) is 5.10 Å². The number of benzene rings is 1. The minimum Gasteiger partial charge on any atom is -0.482 e. The van der Waals surface area contributed by atoms with Crippen molar-refractivity contribution < 1.29 is 14.7 Å². The van der Waals surface area contributed by atoms with Crippen LogP contribution < -0.4 is 16.0 Å². The van der Waals surface area contributed by atoms with Crippen LogP contribution in [0.2, 0.25) is 0 Å². The van der Waals surface area contributed by atoms with Gasteiger partial charge in [-0.3, -0.25) is 14.7 Å². The zero-order valence-corrected chi connectivity index (χ0v) is 17.7. The van der Waals surface area contributed by atoms with Gasteiger partial charge in [0, 0.05) is 36.5 Å². The van der Waals surface area contributed by atoms with Crippen LogP contribution in [0, 0.1) is 0 Å². The van der Waals surface area contributed by atoms with E-state index in [-0.39, 0.29) is 12.0 Å². The molecule has 0 radical (unpaired) electrons. The molecule has 1 amide bonds. The zero-order chi connectivity index (χ0) is 22.1. The third-order valence-corrected chi connectivity index (χ3v) is 5.09. The molecule has 0 saturated carbocycles. The number of amides is 1. The number of aromatic nitrogens is 3. The number of nitrogens with one attached hydrogen (secondary N) is 1. The largest absolute Gasteiger partial charge is 0.482 e. The Bertz CT molecular complexity index is 974. The summed E-state index contributed by atoms with van der Waals surface area (Å²) in [5.41, 5.74) is 10.6. The standard InChI is InChI=1S/C23H29N5O3/c1-17(18-9-5-4-6-10-18)31-21-13-19(14-25-23(21)24)20-15-26-28(16-20)12-8-3-2-7-11-22(29)27-30/h4-6,9-10,13-17,30H,2-3,7-8,11-12H2,1H3,(H2,24,25)(H,27,29). The van der Waals surface area contributed by atoms with Crippen molar-refractivity contribution in [2.45, 2.75) is 51.7 Å². The number of anilines is 1. The highest BCUT2D eigenvalue weighted by Gasteiger charge is 2.12. The van der Waals surface area contributed by atoms with Crippen molar-refractivity contribution in [3.8, 4) is 16.9 Å². The Balaban J connectivity index is 1.55. The van der Waals surface area contributed by atoms with Gasteiger partial charge >= 0.3 is 0 Å². The number of nitrogens with zero attached hydrogens (tertiary/aromatic N) is 3. The van der Waals surface area contributed by atoms with Gasteiger partial charge in [0.2, 0.25) is 5.91 Å². The second kappa shape index (κ2) is 11.1. The minimum absolute atomic E-state index is 0.147. The molecule has 4 N–H and O–H groups in total. The Morgan fingerprint density at radius 3 is 2.71 bits per heavy atom. The fraction of sp³-hybridized carbons (Fsp3) is 0.348. The van der Waals surface area contributed by atoms with E-state index in [1.54, 1.807) is 11.7 Å². The average molecular weight is 424 g/mol. The van der Waals surface area contributed by atoms with Crippen LogP contribution in [0.25, 0.3) is 11.1 Å². The van der Waals surface area contributed by atoms with Gasteiger partial charge in [-0.15, -0.1) is 0 Å². The molecule has 0 aliphatic carbocycles. The first-order valence-corrected chi connectivity index (χ1v) is 10.5. The van der Waals surface area contributed by atoms with E-state index >= 15 is 0 Å². The quantitative estimate of drug-likeness (QED) is 0.243. The van der Waals surface area contributed by atoms with Gasteiger partial charge in [0.15, 0.2) is 11.6 Å². The molecule has 31 heavy (non-hydrogen) atoms. The first kappa shape index (κ1) is 22.3. The van der Waals surface area contributed by atoms with E-state index in [1.807, 2.05) is 60.4 Å². The van der Waals surface area contributed by atoms with E-state index in [4.69, 9.17) is 15.7 Å². The predicted octanol–water partition coefficient (Wildman–Crippen LogP) is 4.12. The van der Waals surface area contributed by atoms with Crippen LogP contribution >= 0.6 is 0 Å². The molecule has 3 rings (SSSR count). The molecule has 0 fully saturated rings. The number of pyridine rings is 1. The number of carbonyl (C=O) groups excluding carboxylic acids is 1. The summed E-state index contributed by atoms with van der Waals surface area (Å²) in [6.45, 7) is 2.78. The highest BCUT2D eigenvalue weighted by Crippen LogP contribution is 2.30. The highest BCUT2D eigenvalue weighted by atomic mass is 16.5. The van der Waals surface area contributed by atoms with Crippen molar-refractivity contribution in [3.63, 3.8) is 0 Å². The number of rotatable bonds is 11. The lowest BCUT2D eigenvalue weighted by Crippen LogP contribution is -2.17. The van der Waals surface area contributed by atoms with Crippen molar-refractivity contribution >= 4 is 11.7 Å². The SMILES string of the molecule is CC(Oc1cc(-c2cnn(CCCCCCC(=O)NO)c2)cnc1N)c1ccccc1. The number of nitrogens with two attached hydrogens (primary N) is 1. The van der Waals surface area contributed by atoms with Gasteiger partial charge in [-0.25, -0.2) is 10.5 Å². The number of aryl methyl sites for hydroxylation is 1. The molecule has 3 aromatic rings. The molecule has 1 aromatic carbocycles. The molecule has 0 aliphatic rings. The number of hydroxylamine groups is 1. The van der Waals surface area contributed by atoms with Crippen molar-refractivity contribution in [3.05, 3.63) is 60.6 Å². The zero-order valence-electron chi connectivity index (χ0n) is 17.7. The summed E-state index contributed by atoms with van der Waals surface area (Å²) in [4.78, 5) is 15.3. The lowest BCUT2D eigenvalue weighted by Gasteiger charge is -2.16. The summed E-state index contributed by atoms with van der Waals surface area (Å²) in [6, 6.07) is 11.9. The first-order chi connectivity index (χ1) is 15.1. The van der Waals surface area contributed by atoms with Crippen LogP contribution in [0.5, 0.6) is 5.75 Å². The molecule has 2 aromatic heterocycles. The molecular weight excluding hydrogens is 394 g/mol.